The Morgan fingerprint density at radius 3 is 1.48 bits per heavy atom. The van der Waals surface area contributed by atoms with Crippen LogP contribution in [0.5, 0.6) is 0 Å². The minimum absolute atomic E-state index is 0.00813. The van der Waals surface area contributed by atoms with Crippen molar-refractivity contribution in [2.24, 2.45) is 0 Å². The largest absolute Gasteiger partial charge is 0.309 e. The van der Waals surface area contributed by atoms with E-state index in [4.69, 9.17) is 0 Å². The van der Waals surface area contributed by atoms with E-state index in [2.05, 4.69) is 241 Å². The minimum Gasteiger partial charge on any atom is -0.309 e. The van der Waals surface area contributed by atoms with Crippen LogP contribution in [-0.4, -0.2) is 0 Å². The monoisotopic (exact) mass is 901 g/mol. The zero-order valence-electron chi connectivity index (χ0n) is 39.3. The average molecular weight is 902 g/mol. The van der Waals surface area contributed by atoms with Crippen molar-refractivity contribution < 1.29 is 0 Å². The standard InChI is InChI=1S/C70H47N/c1-2-19-45-40-46(35-34-44(45)18-1)57-42-59-55-26-9-14-31-63(55)70(61-29-12-7-24-53(61)54-25-8-13-30-62(54)70)65(59)43-67(57)71(66-33-17-32-64-68(66)56-27-10-11-28-60(56)69(64)38-15-16-39-69)47-36-37-52-50-22-4-3-20-48(50)49-21-5-6-23-51(49)58(52)41-47/h1-14,17-37,40-43H,15-16,38-39H2. The molecule has 0 atom stereocenters. The predicted molar refractivity (Wildman–Crippen MR) is 298 cm³/mol. The molecule has 332 valence electrons. The first-order valence-electron chi connectivity index (χ1n) is 25.5. The van der Waals surface area contributed by atoms with Crippen molar-refractivity contribution in [1.29, 1.82) is 0 Å². The van der Waals surface area contributed by atoms with Crippen LogP contribution < -0.4 is 4.90 Å². The second-order valence-corrected chi connectivity index (χ2v) is 20.6. The normalized spacial score (nSPS) is 15.0. The third-order valence-electron chi connectivity index (χ3n) is 17.4. The maximum atomic E-state index is 2.68. The first-order chi connectivity index (χ1) is 35.2. The van der Waals surface area contributed by atoms with Crippen molar-refractivity contribution in [3.05, 3.63) is 270 Å². The van der Waals surface area contributed by atoms with Gasteiger partial charge < -0.3 is 4.90 Å². The summed E-state index contributed by atoms with van der Waals surface area (Å²) < 4.78 is 0. The average Bonchev–Trinajstić information content (AvgIpc) is 4.21. The zero-order valence-corrected chi connectivity index (χ0v) is 39.3. The van der Waals surface area contributed by atoms with E-state index < -0.39 is 5.41 Å². The fraction of sp³-hybridized carbons (Fsp3) is 0.0857. The van der Waals surface area contributed by atoms with E-state index in [1.54, 1.807) is 0 Å². The van der Waals surface area contributed by atoms with Gasteiger partial charge in [0.2, 0.25) is 0 Å². The zero-order chi connectivity index (χ0) is 46.4. The number of benzene rings is 12. The van der Waals surface area contributed by atoms with Crippen LogP contribution in [0.2, 0.25) is 0 Å². The Kier molecular flexibility index (Phi) is 8.04. The Morgan fingerprint density at radius 1 is 0.296 bits per heavy atom. The molecule has 1 fully saturated rings. The van der Waals surface area contributed by atoms with Crippen molar-refractivity contribution in [3.63, 3.8) is 0 Å². The number of anilines is 3. The highest BCUT2D eigenvalue weighted by Crippen LogP contribution is 2.65. The van der Waals surface area contributed by atoms with Crippen LogP contribution in [-0.2, 0) is 10.8 Å². The van der Waals surface area contributed by atoms with Crippen LogP contribution in [0.3, 0.4) is 0 Å². The molecule has 1 nitrogen and oxygen atoms in total. The molecule has 2 spiro atoms. The lowest BCUT2D eigenvalue weighted by atomic mass is 9.70. The number of rotatable bonds is 4. The highest BCUT2D eigenvalue weighted by atomic mass is 15.1. The van der Waals surface area contributed by atoms with Gasteiger partial charge in [-0.25, -0.2) is 0 Å². The van der Waals surface area contributed by atoms with Crippen molar-refractivity contribution >= 4 is 60.2 Å². The second kappa shape index (κ2) is 14.5. The van der Waals surface area contributed by atoms with Crippen molar-refractivity contribution in [3.8, 4) is 44.5 Å². The van der Waals surface area contributed by atoms with Crippen LogP contribution in [0.4, 0.5) is 17.1 Å². The van der Waals surface area contributed by atoms with E-state index in [-0.39, 0.29) is 5.41 Å². The molecular formula is C70H47N. The molecule has 0 amide bonds. The van der Waals surface area contributed by atoms with Gasteiger partial charge in [-0.2, -0.15) is 0 Å². The Morgan fingerprint density at radius 2 is 0.817 bits per heavy atom. The molecule has 0 aromatic heterocycles. The van der Waals surface area contributed by atoms with E-state index in [0.717, 1.165) is 5.69 Å². The summed E-state index contributed by atoms with van der Waals surface area (Å²) in [6.45, 7) is 0. The van der Waals surface area contributed by atoms with Crippen LogP contribution in [0.25, 0.3) is 87.6 Å². The predicted octanol–water partition coefficient (Wildman–Crippen LogP) is 18.6. The molecular weight excluding hydrogens is 855 g/mol. The summed E-state index contributed by atoms with van der Waals surface area (Å²) in [5.74, 6) is 0. The molecule has 16 rings (SSSR count). The number of hydrogen-bond acceptors (Lipinski definition) is 1. The van der Waals surface area contributed by atoms with E-state index in [0.29, 0.717) is 0 Å². The van der Waals surface area contributed by atoms with Gasteiger partial charge in [-0.05, 0) is 159 Å². The van der Waals surface area contributed by atoms with E-state index in [1.807, 2.05) is 0 Å². The minimum atomic E-state index is -0.515. The van der Waals surface area contributed by atoms with Crippen molar-refractivity contribution in [2.45, 2.75) is 36.5 Å². The quantitative estimate of drug-likeness (QED) is 0.159. The molecule has 0 heterocycles. The highest BCUT2D eigenvalue weighted by molar-refractivity contribution is 6.26. The van der Waals surface area contributed by atoms with E-state index in [1.165, 1.54) is 158 Å². The molecule has 12 aromatic rings. The summed E-state index contributed by atoms with van der Waals surface area (Å²) in [5, 5.41) is 10.1. The molecule has 0 unspecified atom stereocenters. The van der Waals surface area contributed by atoms with Gasteiger partial charge in [0.25, 0.3) is 0 Å². The fourth-order valence-corrected chi connectivity index (χ4v) is 14.5. The summed E-state index contributed by atoms with van der Waals surface area (Å²) >= 11 is 0. The molecule has 0 saturated heterocycles. The van der Waals surface area contributed by atoms with Gasteiger partial charge in [0.1, 0.15) is 0 Å². The maximum Gasteiger partial charge on any atom is 0.0726 e. The lowest BCUT2D eigenvalue weighted by molar-refractivity contribution is 0.550. The van der Waals surface area contributed by atoms with Crippen molar-refractivity contribution in [2.75, 3.05) is 4.90 Å². The van der Waals surface area contributed by atoms with Crippen LogP contribution >= 0.6 is 0 Å². The number of fused-ring (bicyclic) bond motifs is 22. The van der Waals surface area contributed by atoms with Gasteiger partial charge in [0.15, 0.2) is 0 Å². The molecule has 1 saturated carbocycles. The molecule has 4 aliphatic rings. The Bertz CT molecular complexity index is 4180. The Labute approximate surface area is 413 Å². The van der Waals surface area contributed by atoms with Gasteiger partial charge in [0.05, 0.1) is 16.8 Å². The lowest BCUT2D eigenvalue weighted by Gasteiger charge is -2.34. The molecule has 0 N–H and O–H groups in total. The van der Waals surface area contributed by atoms with Gasteiger partial charge in [0, 0.05) is 22.2 Å². The van der Waals surface area contributed by atoms with Crippen LogP contribution in [0.1, 0.15) is 59.1 Å². The first kappa shape index (κ1) is 39.3. The maximum absolute atomic E-state index is 2.68. The molecule has 0 radical (unpaired) electrons. The first-order valence-corrected chi connectivity index (χ1v) is 25.5. The molecule has 0 aliphatic heterocycles. The van der Waals surface area contributed by atoms with E-state index >= 15 is 0 Å². The second-order valence-electron chi connectivity index (χ2n) is 20.6. The molecule has 1 heteroatoms. The molecule has 0 bridgehead atoms. The molecule has 12 aromatic carbocycles. The molecule has 71 heavy (non-hydrogen) atoms. The third kappa shape index (κ3) is 5.15. The summed E-state index contributed by atoms with van der Waals surface area (Å²) in [5.41, 5.74) is 21.8. The number of nitrogens with zero attached hydrogens (tertiary/aromatic N) is 1. The van der Waals surface area contributed by atoms with E-state index in [9.17, 15) is 0 Å². The fourth-order valence-electron chi connectivity index (χ4n) is 14.5. The third-order valence-corrected chi connectivity index (χ3v) is 17.4. The molecule has 4 aliphatic carbocycles. The SMILES string of the molecule is c1ccc2c(c1)-c1c(N(c3ccc4c5ccccc5c5ccccc5c4c3)c3cc4c(cc3-c3ccc5ccccc5c3)-c3ccccc3C43c4ccccc4-c4ccccc43)cccc1C21CCCC1. The Balaban J connectivity index is 1.07. The summed E-state index contributed by atoms with van der Waals surface area (Å²) in [7, 11) is 0. The lowest BCUT2D eigenvalue weighted by Crippen LogP contribution is -2.26. The van der Waals surface area contributed by atoms with Gasteiger partial charge in [-0.15, -0.1) is 0 Å². The Hall–Kier alpha value is -8.52. The van der Waals surface area contributed by atoms with Gasteiger partial charge >= 0.3 is 0 Å². The highest BCUT2D eigenvalue weighted by Gasteiger charge is 2.52. The van der Waals surface area contributed by atoms with Crippen LogP contribution in [0.15, 0.2) is 237 Å². The van der Waals surface area contributed by atoms with Crippen molar-refractivity contribution in [1.82, 2.24) is 0 Å². The number of hydrogen-bond donors (Lipinski definition) is 0. The summed E-state index contributed by atoms with van der Waals surface area (Å²) in [4.78, 5) is 2.68. The summed E-state index contributed by atoms with van der Waals surface area (Å²) in [6.07, 6.45) is 4.85. The smallest absolute Gasteiger partial charge is 0.0726 e. The summed E-state index contributed by atoms with van der Waals surface area (Å²) in [6, 6.07) is 90.7. The van der Waals surface area contributed by atoms with Gasteiger partial charge in [-0.1, -0.05) is 213 Å². The topological polar surface area (TPSA) is 3.24 Å². The van der Waals surface area contributed by atoms with Gasteiger partial charge in [-0.3, -0.25) is 0 Å². The van der Waals surface area contributed by atoms with Crippen LogP contribution in [0, 0.1) is 0 Å².